The molecule has 0 atom stereocenters. The van der Waals surface area contributed by atoms with E-state index < -0.39 is 0 Å². The molecule has 6 heteroatoms. The van der Waals surface area contributed by atoms with Gasteiger partial charge in [0, 0.05) is 44.3 Å². The van der Waals surface area contributed by atoms with Crippen LogP contribution in [-0.2, 0) is 0 Å². The molecule has 3 aromatic heterocycles. The third-order valence-corrected chi connectivity index (χ3v) is 10.3. The summed E-state index contributed by atoms with van der Waals surface area (Å²) in [4.78, 5) is 29.1. The summed E-state index contributed by atoms with van der Waals surface area (Å²) in [5, 5.41) is 1.06. The van der Waals surface area contributed by atoms with E-state index in [0.29, 0.717) is 23.3 Å². The smallest absolute Gasteiger partial charge is 0.218 e. The Balaban J connectivity index is 1.09. The van der Waals surface area contributed by atoms with E-state index in [1.165, 1.54) is 0 Å². The van der Waals surface area contributed by atoms with Crippen molar-refractivity contribution in [3.8, 4) is 90.3 Å². The highest BCUT2D eigenvalue weighted by molar-refractivity contribution is 5.97. The number of para-hydroxylation sites is 1. The Hall–Kier alpha value is -7.96. The minimum Gasteiger partial charge on any atom is -0.228 e. The number of aromatic amines is 1. The lowest BCUT2D eigenvalue weighted by Gasteiger charge is -2.13. The van der Waals surface area contributed by atoms with Crippen LogP contribution in [0.15, 0.2) is 206 Å². The summed E-state index contributed by atoms with van der Waals surface area (Å²) in [6.45, 7) is 0. The van der Waals surface area contributed by atoms with E-state index in [1.54, 1.807) is 0 Å². The summed E-state index contributed by atoms with van der Waals surface area (Å²) in [7, 11) is 0. The molecule has 0 amide bonds. The lowest BCUT2D eigenvalue weighted by atomic mass is 9.94. The molecule has 272 valence electrons. The maximum Gasteiger partial charge on any atom is 0.218 e. The minimum absolute atomic E-state index is 0.610. The fourth-order valence-corrected chi connectivity index (χ4v) is 7.44. The van der Waals surface area contributed by atoms with Gasteiger partial charge >= 0.3 is 0 Å². The standard InChI is InChI=1S/C52H34N6/c1-5-18-35(19-6-1)46-33-47(36-20-7-2-8-21-36)55-51(54-46)44-29-15-13-27-41(44)40-32-39-26-17-31-43(48(39)53-34-40)42-28-14-16-30-45(42)52-57-49(37-22-9-3-10-23-37)56-50(58-52)38-24-11-4-12-25-38/h1-34H/p+1. The Bertz CT molecular complexity index is 2930. The second kappa shape index (κ2) is 15.3. The molecule has 0 fully saturated rings. The number of hydrogen-bond acceptors (Lipinski definition) is 5. The molecule has 0 bridgehead atoms. The number of aromatic nitrogens is 6. The molecule has 6 nitrogen and oxygen atoms in total. The largest absolute Gasteiger partial charge is 0.228 e. The number of benzene rings is 7. The molecule has 0 radical (unpaired) electrons. The van der Waals surface area contributed by atoms with Crippen LogP contribution >= 0.6 is 0 Å². The van der Waals surface area contributed by atoms with Gasteiger partial charge in [-0.3, -0.25) is 0 Å². The van der Waals surface area contributed by atoms with Crippen LogP contribution in [-0.4, -0.2) is 24.9 Å². The van der Waals surface area contributed by atoms with Crippen molar-refractivity contribution in [1.82, 2.24) is 24.9 Å². The molecule has 0 saturated carbocycles. The quantitative estimate of drug-likeness (QED) is 0.155. The lowest BCUT2D eigenvalue weighted by Crippen LogP contribution is -2.06. The van der Waals surface area contributed by atoms with Crippen LogP contribution in [0.4, 0.5) is 0 Å². The third kappa shape index (κ3) is 6.80. The Morgan fingerprint density at radius 1 is 0.276 bits per heavy atom. The van der Waals surface area contributed by atoms with Crippen LogP contribution in [0.1, 0.15) is 0 Å². The Labute approximate surface area is 336 Å². The number of H-pyrrole nitrogens is 1. The average molecular weight is 744 g/mol. The molecule has 7 aromatic carbocycles. The number of pyridine rings is 1. The van der Waals surface area contributed by atoms with Gasteiger partial charge < -0.3 is 0 Å². The second-order valence-electron chi connectivity index (χ2n) is 14.0. The van der Waals surface area contributed by atoms with E-state index in [4.69, 9.17) is 24.9 Å². The van der Waals surface area contributed by atoms with E-state index in [0.717, 1.165) is 77.9 Å². The van der Waals surface area contributed by atoms with Crippen molar-refractivity contribution in [2.24, 2.45) is 0 Å². The van der Waals surface area contributed by atoms with Gasteiger partial charge in [0.05, 0.1) is 17.0 Å². The first-order valence-corrected chi connectivity index (χ1v) is 19.3. The zero-order chi connectivity index (χ0) is 38.7. The number of nitrogens with one attached hydrogen (secondary N) is 1. The zero-order valence-corrected chi connectivity index (χ0v) is 31.4. The van der Waals surface area contributed by atoms with Gasteiger partial charge in [0.15, 0.2) is 29.5 Å². The molecular weight excluding hydrogens is 709 g/mol. The van der Waals surface area contributed by atoms with E-state index in [-0.39, 0.29) is 0 Å². The maximum absolute atomic E-state index is 5.15. The van der Waals surface area contributed by atoms with Crippen molar-refractivity contribution < 1.29 is 4.98 Å². The van der Waals surface area contributed by atoms with Gasteiger partial charge in [-0.1, -0.05) is 176 Å². The molecule has 3 heterocycles. The Morgan fingerprint density at radius 2 is 0.690 bits per heavy atom. The molecule has 10 rings (SSSR count). The highest BCUT2D eigenvalue weighted by atomic mass is 15.0. The minimum atomic E-state index is 0.610. The molecule has 10 aromatic rings. The van der Waals surface area contributed by atoms with Gasteiger partial charge in [0.25, 0.3) is 0 Å². The van der Waals surface area contributed by atoms with Crippen LogP contribution in [0.25, 0.3) is 101 Å². The maximum atomic E-state index is 5.15. The predicted molar refractivity (Wildman–Crippen MR) is 233 cm³/mol. The van der Waals surface area contributed by atoms with Gasteiger partial charge in [-0.25, -0.2) is 29.9 Å². The molecule has 0 unspecified atom stereocenters. The topological polar surface area (TPSA) is 78.6 Å². The van der Waals surface area contributed by atoms with Gasteiger partial charge in [-0.05, 0) is 35.4 Å². The average Bonchev–Trinajstić information content (AvgIpc) is 3.32. The highest BCUT2D eigenvalue weighted by Crippen LogP contribution is 2.38. The number of hydrogen-bond donors (Lipinski definition) is 0. The van der Waals surface area contributed by atoms with Crippen molar-refractivity contribution >= 4 is 10.9 Å². The van der Waals surface area contributed by atoms with Gasteiger partial charge in [0.2, 0.25) is 5.52 Å². The molecule has 0 spiro atoms. The van der Waals surface area contributed by atoms with Gasteiger partial charge in [-0.2, -0.15) is 0 Å². The van der Waals surface area contributed by atoms with Crippen molar-refractivity contribution in [3.63, 3.8) is 0 Å². The van der Waals surface area contributed by atoms with Crippen molar-refractivity contribution in [2.75, 3.05) is 0 Å². The summed E-state index contributed by atoms with van der Waals surface area (Å²) in [6.07, 6.45) is 2.08. The van der Waals surface area contributed by atoms with Crippen molar-refractivity contribution in [3.05, 3.63) is 206 Å². The summed E-state index contributed by atoms with van der Waals surface area (Å²) in [5.74, 6) is 2.53. The van der Waals surface area contributed by atoms with Gasteiger partial charge in [-0.15, -0.1) is 0 Å². The fraction of sp³-hybridized carbons (Fsp3) is 0. The molecule has 0 aliphatic carbocycles. The summed E-state index contributed by atoms with van der Waals surface area (Å²) in [5.41, 5.74) is 12.7. The van der Waals surface area contributed by atoms with E-state index in [9.17, 15) is 0 Å². The fourth-order valence-electron chi connectivity index (χ4n) is 7.44. The SMILES string of the molecule is c1ccc(-c2cc(-c3ccccc3)nc(-c3ccccc3-c3c[nH+]c4c(-c5ccccc5-c5nc(-c6ccccc6)nc(-c6ccccc6)n5)cccc4c3)n2)cc1. The molecule has 0 saturated heterocycles. The molecule has 0 aliphatic heterocycles. The van der Waals surface area contributed by atoms with Crippen molar-refractivity contribution in [2.45, 2.75) is 0 Å². The summed E-state index contributed by atoms with van der Waals surface area (Å²) in [6, 6.07) is 68.1. The van der Waals surface area contributed by atoms with Crippen molar-refractivity contribution in [1.29, 1.82) is 0 Å². The van der Waals surface area contributed by atoms with E-state index in [1.807, 2.05) is 109 Å². The first kappa shape index (κ1) is 34.5. The van der Waals surface area contributed by atoms with Crippen LogP contribution in [0.5, 0.6) is 0 Å². The third-order valence-electron chi connectivity index (χ3n) is 10.3. The van der Waals surface area contributed by atoms with Crippen LogP contribution in [0, 0.1) is 0 Å². The second-order valence-corrected chi connectivity index (χ2v) is 14.0. The normalized spacial score (nSPS) is 11.1. The van der Waals surface area contributed by atoms with Gasteiger partial charge in [0.1, 0.15) is 0 Å². The number of nitrogens with zero attached hydrogens (tertiary/aromatic N) is 5. The summed E-state index contributed by atoms with van der Waals surface area (Å²) >= 11 is 0. The first-order chi connectivity index (χ1) is 28.7. The zero-order valence-electron chi connectivity index (χ0n) is 31.4. The highest BCUT2D eigenvalue weighted by Gasteiger charge is 2.21. The van der Waals surface area contributed by atoms with E-state index in [2.05, 4.69) is 102 Å². The molecule has 0 aliphatic rings. The predicted octanol–water partition coefficient (Wildman–Crippen LogP) is 12.0. The lowest BCUT2D eigenvalue weighted by molar-refractivity contribution is -0.343. The van der Waals surface area contributed by atoms with Crippen LogP contribution in [0.3, 0.4) is 0 Å². The van der Waals surface area contributed by atoms with E-state index >= 15 is 0 Å². The molecular formula is C52H35N6+. The molecule has 58 heavy (non-hydrogen) atoms. The number of rotatable bonds is 8. The summed E-state index contributed by atoms with van der Waals surface area (Å²) < 4.78 is 0. The number of fused-ring (bicyclic) bond motifs is 1. The monoisotopic (exact) mass is 743 g/mol. The Morgan fingerprint density at radius 3 is 1.24 bits per heavy atom. The first-order valence-electron chi connectivity index (χ1n) is 19.3. The van der Waals surface area contributed by atoms with Crippen LogP contribution in [0.2, 0.25) is 0 Å². The molecule has 1 N–H and O–H groups in total. The van der Waals surface area contributed by atoms with Crippen LogP contribution < -0.4 is 4.98 Å². The Kier molecular flexibility index (Phi) is 9.10.